The highest BCUT2D eigenvalue weighted by Gasteiger charge is 2.26. The second-order valence-electron chi connectivity index (χ2n) is 8.87. The fourth-order valence-electron chi connectivity index (χ4n) is 4.11. The molecule has 0 bridgehead atoms. The molecule has 1 aliphatic heterocycles. The minimum absolute atomic E-state index is 0.00270. The SMILES string of the molecule is COCC(=O)N1CCN(c2nc(CCC(C)C)nc3c2c(C)nn3-c2ccc(F)cc2)CC1. The van der Waals surface area contributed by atoms with Crippen molar-refractivity contribution in [3.63, 3.8) is 0 Å². The van der Waals surface area contributed by atoms with Gasteiger partial charge in [-0.15, -0.1) is 0 Å². The third kappa shape index (κ3) is 4.98. The van der Waals surface area contributed by atoms with Gasteiger partial charge in [-0.2, -0.15) is 5.10 Å². The van der Waals surface area contributed by atoms with Crippen molar-refractivity contribution >= 4 is 22.8 Å². The third-order valence-electron chi connectivity index (χ3n) is 5.95. The number of aryl methyl sites for hydroxylation is 2. The number of nitrogens with zero attached hydrogens (tertiary/aromatic N) is 6. The van der Waals surface area contributed by atoms with Gasteiger partial charge >= 0.3 is 0 Å². The molecule has 0 N–H and O–H groups in total. The number of piperazine rings is 1. The van der Waals surface area contributed by atoms with Gasteiger partial charge in [0, 0.05) is 39.7 Å². The number of ether oxygens (including phenoxy) is 1. The monoisotopic (exact) mass is 454 g/mol. The summed E-state index contributed by atoms with van der Waals surface area (Å²) in [4.78, 5) is 26.1. The van der Waals surface area contributed by atoms with Crippen molar-refractivity contribution in [2.45, 2.75) is 33.6 Å². The Morgan fingerprint density at radius 1 is 1.12 bits per heavy atom. The number of aromatic nitrogens is 4. The van der Waals surface area contributed by atoms with Crippen molar-refractivity contribution < 1.29 is 13.9 Å². The first kappa shape index (κ1) is 23.1. The Hall–Kier alpha value is -3.07. The van der Waals surface area contributed by atoms with Gasteiger partial charge in [0.15, 0.2) is 5.65 Å². The first-order valence-electron chi connectivity index (χ1n) is 11.4. The second kappa shape index (κ2) is 9.82. The summed E-state index contributed by atoms with van der Waals surface area (Å²) in [5, 5.41) is 5.63. The van der Waals surface area contributed by atoms with Crippen LogP contribution in [0.25, 0.3) is 16.7 Å². The molecule has 1 aliphatic rings. The van der Waals surface area contributed by atoms with Gasteiger partial charge in [0.25, 0.3) is 0 Å². The van der Waals surface area contributed by atoms with Crippen LogP contribution >= 0.6 is 0 Å². The Kier molecular flexibility index (Phi) is 6.88. The van der Waals surface area contributed by atoms with Gasteiger partial charge in [0.1, 0.15) is 24.1 Å². The van der Waals surface area contributed by atoms with Crippen LogP contribution in [0.3, 0.4) is 0 Å². The molecule has 0 atom stereocenters. The number of carbonyl (C=O) groups excluding carboxylic acids is 1. The standard InChI is InChI=1S/C24H31FN6O2/c1-16(2)5-10-20-26-23(30-13-11-29(12-14-30)21(32)15-33-4)22-17(3)28-31(24(22)27-20)19-8-6-18(25)7-9-19/h6-9,16H,5,10-15H2,1-4H3. The maximum Gasteiger partial charge on any atom is 0.248 e. The van der Waals surface area contributed by atoms with Crippen molar-refractivity contribution in [2.75, 3.05) is 44.8 Å². The predicted molar refractivity (Wildman–Crippen MR) is 125 cm³/mol. The molecule has 0 saturated carbocycles. The van der Waals surface area contributed by atoms with E-state index in [1.54, 1.807) is 16.8 Å². The van der Waals surface area contributed by atoms with Crippen LogP contribution in [0, 0.1) is 18.7 Å². The summed E-state index contributed by atoms with van der Waals surface area (Å²) in [5.74, 6) is 1.87. The molecule has 3 heterocycles. The minimum atomic E-state index is -0.291. The number of fused-ring (bicyclic) bond motifs is 1. The topological polar surface area (TPSA) is 76.4 Å². The molecule has 0 spiro atoms. The number of halogens is 1. The second-order valence-corrected chi connectivity index (χ2v) is 8.87. The van der Waals surface area contributed by atoms with Crippen LogP contribution in [0.5, 0.6) is 0 Å². The van der Waals surface area contributed by atoms with E-state index in [1.165, 1.54) is 19.2 Å². The Morgan fingerprint density at radius 3 is 2.45 bits per heavy atom. The average molecular weight is 455 g/mol. The Labute approximate surface area is 193 Å². The van der Waals surface area contributed by atoms with Gasteiger partial charge in [0.2, 0.25) is 5.91 Å². The van der Waals surface area contributed by atoms with Crippen molar-refractivity contribution in [1.82, 2.24) is 24.6 Å². The summed E-state index contributed by atoms with van der Waals surface area (Å²) in [6.45, 7) is 8.98. The summed E-state index contributed by atoms with van der Waals surface area (Å²) >= 11 is 0. The fraction of sp³-hybridized carbons (Fsp3) is 0.500. The maximum absolute atomic E-state index is 13.5. The number of carbonyl (C=O) groups is 1. The number of methoxy groups -OCH3 is 1. The lowest BCUT2D eigenvalue weighted by Crippen LogP contribution is -2.50. The lowest BCUT2D eigenvalue weighted by atomic mass is 10.1. The molecule has 4 rings (SSSR count). The highest BCUT2D eigenvalue weighted by molar-refractivity contribution is 5.91. The van der Waals surface area contributed by atoms with Crippen LogP contribution in [-0.4, -0.2) is 70.5 Å². The van der Waals surface area contributed by atoms with E-state index < -0.39 is 0 Å². The molecular formula is C24H31FN6O2. The largest absolute Gasteiger partial charge is 0.375 e. The first-order valence-corrected chi connectivity index (χ1v) is 11.4. The van der Waals surface area contributed by atoms with Gasteiger partial charge in [-0.3, -0.25) is 4.79 Å². The molecule has 3 aromatic rings. The number of amides is 1. The van der Waals surface area contributed by atoms with E-state index >= 15 is 0 Å². The highest BCUT2D eigenvalue weighted by Crippen LogP contribution is 2.30. The Bertz CT molecular complexity index is 1120. The van der Waals surface area contributed by atoms with Gasteiger partial charge < -0.3 is 14.5 Å². The maximum atomic E-state index is 13.5. The number of benzene rings is 1. The summed E-state index contributed by atoms with van der Waals surface area (Å²) < 4.78 is 20.3. The van der Waals surface area contributed by atoms with Crippen LogP contribution < -0.4 is 4.90 Å². The Balaban J connectivity index is 1.73. The number of rotatable bonds is 7. The molecule has 8 nitrogen and oxygen atoms in total. The number of hydrogen-bond donors (Lipinski definition) is 0. The molecule has 1 aromatic carbocycles. The van der Waals surface area contributed by atoms with Crippen molar-refractivity contribution in [1.29, 1.82) is 0 Å². The van der Waals surface area contributed by atoms with E-state index in [2.05, 4.69) is 18.7 Å². The number of anilines is 1. The van der Waals surface area contributed by atoms with E-state index in [-0.39, 0.29) is 18.3 Å². The lowest BCUT2D eigenvalue weighted by molar-refractivity contribution is -0.135. The smallest absolute Gasteiger partial charge is 0.248 e. The molecule has 1 amide bonds. The summed E-state index contributed by atoms with van der Waals surface area (Å²) in [6, 6.07) is 6.26. The molecule has 1 saturated heterocycles. The molecule has 9 heteroatoms. The van der Waals surface area contributed by atoms with Crippen molar-refractivity contribution in [2.24, 2.45) is 5.92 Å². The third-order valence-corrected chi connectivity index (χ3v) is 5.95. The van der Waals surface area contributed by atoms with E-state index in [4.69, 9.17) is 19.8 Å². The normalized spacial score (nSPS) is 14.5. The molecule has 0 unspecified atom stereocenters. The molecule has 176 valence electrons. The number of hydrogen-bond acceptors (Lipinski definition) is 6. The van der Waals surface area contributed by atoms with Crippen LogP contribution in [0.15, 0.2) is 24.3 Å². The highest BCUT2D eigenvalue weighted by atomic mass is 19.1. The van der Waals surface area contributed by atoms with Crippen LogP contribution in [-0.2, 0) is 16.0 Å². The lowest BCUT2D eigenvalue weighted by Gasteiger charge is -2.35. The zero-order chi connectivity index (χ0) is 23.5. The van der Waals surface area contributed by atoms with E-state index in [9.17, 15) is 9.18 Å². The molecule has 0 aliphatic carbocycles. The van der Waals surface area contributed by atoms with Gasteiger partial charge in [-0.25, -0.2) is 19.0 Å². The Morgan fingerprint density at radius 2 is 1.82 bits per heavy atom. The minimum Gasteiger partial charge on any atom is -0.375 e. The summed E-state index contributed by atoms with van der Waals surface area (Å²) in [7, 11) is 1.53. The van der Waals surface area contributed by atoms with Crippen molar-refractivity contribution in [3.8, 4) is 5.69 Å². The quantitative estimate of drug-likeness (QED) is 0.546. The first-order chi connectivity index (χ1) is 15.9. The fourth-order valence-corrected chi connectivity index (χ4v) is 4.11. The van der Waals surface area contributed by atoms with Gasteiger partial charge in [-0.05, 0) is 43.5 Å². The predicted octanol–water partition coefficient (Wildman–Crippen LogP) is 3.15. The molecule has 1 fully saturated rings. The summed E-state index contributed by atoms with van der Waals surface area (Å²) in [6.07, 6.45) is 1.74. The van der Waals surface area contributed by atoms with Gasteiger partial charge in [-0.1, -0.05) is 13.8 Å². The molecular weight excluding hydrogens is 423 g/mol. The van der Waals surface area contributed by atoms with Crippen LogP contribution in [0.4, 0.5) is 10.2 Å². The summed E-state index contributed by atoms with van der Waals surface area (Å²) in [5.41, 5.74) is 2.29. The molecule has 33 heavy (non-hydrogen) atoms. The zero-order valence-electron chi connectivity index (χ0n) is 19.7. The van der Waals surface area contributed by atoms with Gasteiger partial charge in [0.05, 0.1) is 16.8 Å². The molecule has 2 aromatic heterocycles. The van der Waals surface area contributed by atoms with Crippen molar-refractivity contribution in [3.05, 3.63) is 41.6 Å². The van der Waals surface area contributed by atoms with E-state index in [0.29, 0.717) is 32.1 Å². The zero-order valence-corrected chi connectivity index (χ0v) is 19.7. The van der Waals surface area contributed by atoms with E-state index in [0.717, 1.165) is 46.9 Å². The van der Waals surface area contributed by atoms with Crippen LogP contribution in [0.1, 0.15) is 31.8 Å². The molecule has 0 radical (unpaired) electrons. The van der Waals surface area contributed by atoms with Crippen LogP contribution in [0.2, 0.25) is 0 Å². The van der Waals surface area contributed by atoms with E-state index in [1.807, 2.05) is 11.8 Å². The average Bonchev–Trinajstić information content (AvgIpc) is 3.14.